The summed E-state index contributed by atoms with van der Waals surface area (Å²) in [6, 6.07) is -2.51. The van der Waals surface area contributed by atoms with Gasteiger partial charge >= 0.3 is 36.8 Å². The number of benzene rings is 2. The molecule has 0 aromatic heterocycles. The van der Waals surface area contributed by atoms with Crippen molar-refractivity contribution >= 4 is 29.4 Å². The third-order valence-electron chi connectivity index (χ3n) is 11.6. The van der Waals surface area contributed by atoms with E-state index < -0.39 is 93.3 Å². The maximum absolute atomic E-state index is 13.5. The van der Waals surface area contributed by atoms with Crippen LogP contribution in [0, 0.1) is 10.8 Å². The number of unbranched alkanes of at least 4 members (excludes halogenated alkanes) is 15. The highest BCUT2D eigenvalue weighted by Gasteiger charge is 2.39. The van der Waals surface area contributed by atoms with E-state index in [0.717, 1.165) is 32.1 Å². The second-order valence-electron chi connectivity index (χ2n) is 19.9. The normalized spacial score (nSPS) is 14.0. The summed E-state index contributed by atoms with van der Waals surface area (Å²) in [5.41, 5.74) is -9.52. The number of anilines is 2. The van der Waals surface area contributed by atoms with Gasteiger partial charge in [0.05, 0.1) is 40.9 Å². The summed E-state index contributed by atoms with van der Waals surface area (Å²) in [5.74, 6) is 0.175. The highest BCUT2D eigenvalue weighted by molar-refractivity contribution is 5.90. The zero-order valence-electron chi connectivity index (χ0n) is 41.4. The molecule has 0 saturated carbocycles. The molecule has 400 valence electrons. The summed E-state index contributed by atoms with van der Waals surface area (Å²) in [6.45, 7) is 12.7. The molecule has 0 aliphatic heterocycles. The number of amides is 4. The molecule has 21 heteroatoms. The first kappa shape index (κ1) is 61.5. The summed E-state index contributed by atoms with van der Waals surface area (Å²) in [4.78, 5) is 30.9. The molecular formula is C49H73F12N7O2. The number of hydrogen-bond donors (Lipinski definition) is 6. The first-order valence-corrected chi connectivity index (χ1v) is 24.1. The van der Waals surface area contributed by atoms with Gasteiger partial charge in [-0.15, -0.1) is 0 Å². The molecule has 2 rings (SSSR count). The Hall–Kier alpha value is -4.59. The van der Waals surface area contributed by atoms with Gasteiger partial charge in [0.2, 0.25) is 0 Å². The number of alkyl halides is 12. The lowest BCUT2D eigenvalue weighted by molar-refractivity contribution is -0.144. The highest BCUT2D eigenvalue weighted by Crippen LogP contribution is 2.39. The molecule has 0 aliphatic rings. The molecule has 6 N–H and O–H groups in total. The van der Waals surface area contributed by atoms with Crippen molar-refractivity contribution in [2.24, 2.45) is 15.8 Å². The van der Waals surface area contributed by atoms with Gasteiger partial charge < -0.3 is 31.9 Å². The minimum Gasteiger partial charge on any atom is -0.356 e. The SMILES string of the molecule is CCCCCCCCCCCCCCCCCCNC(=NC[C@@H](NC(=O)Nc1cc(C(F)(F)F)cc(C(F)(F)F)c1)C(C)(C)C)NC[C@@H](NC(=O)Nc1cc(C(F)(F)F)cc(C(F)(F)F)c1)C(C)(C)C. The Kier molecular flexibility index (Phi) is 24.5. The average Bonchev–Trinajstić information content (AvgIpc) is 3.22. The van der Waals surface area contributed by atoms with E-state index in [0.29, 0.717) is 30.8 Å². The molecule has 0 unspecified atom stereocenters. The highest BCUT2D eigenvalue weighted by atomic mass is 19.4. The van der Waals surface area contributed by atoms with E-state index in [9.17, 15) is 62.3 Å². The van der Waals surface area contributed by atoms with Crippen LogP contribution >= 0.6 is 0 Å². The maximum atomic E-state index is 13.5. The monoisotopic (exact) mass is 1020 g/mol. The molecule has 4 amide bonds. The Morgan fingerprint density at radius 1 is 0.457 bits per heavy atom. The summed E-state index contributed by atoms with van der Waals surface area (Å²) in [7, 11) is 0. The first-order valence-electron chi connectivity index (χ1n) is 24.1. The summed E-state index contributed by atoms with van der Waals surface area (Å²) >= 11 is 0. The van der Waals surface area contributed by atoms with Crippen LogP contribution in [-0.4, -0.2) is 49.7 Å². The predicted octanol–water partition coefficient (Wildman–Crippen LogP) is 15.3. The van der Waals surface area contributed by atoms with E-state index >= 15 is 0 Å². The lowest BCUT2D eigenvalue weighted by atomic mass is 9.86. The van der Waals surface area contributed by atoms with E-state index in [4.69, 9.17) is 0 Å². The Morgan fingerprint density at radius 3 is 1.09 bits per heavy atom. The second kappa shape index (κ2) is 27.9. The van der Waals surface area contributed by atoms with Crippen molar-refractivity contribution in [1.82, 2.24) is 21.3 Å². The van der Waals surface area contributed by atoms with E-state index in [2.05, 4.69) is 43.8 Å². The number of carbonyl (C=O) groups is 2. The fourth-order valence-corrected chi connectivity index (χ4v) is 7.25. The number of halogens is 12. The molecule has 0 heterocycles. The van der Waals surface area contributed by atoms with E-state index in [1.54, 1.807) is 41.5 Å². The third-order valence-corrected chi connectivity index (χ3v) is 11.6. The molecule has 0 bridgehead atoms. The van der Waals surface area contributed by atoms with Crippen LogP contribution in [0.4, 0.5) is 73.6 Å². The molecule has 0 spiro atoms. The van der Waals surface area contributed by atoms with E-state index in [1.165, 1.54) is 70.6 Å². The molecule has 0 fully saturated rings. The standard InChI is InChI=1S/C49H73F12N7O2/c1-8-9-10-11-12-13-14-15-16-17-18-19-20-21-22-23-24-62-41(63-31-39(44(2,3)4)67-42(69)65-37-27-33(46(50,51)52)25-34(28-37)47(53,54)55)64-32-40(45(5,6)7)68-43(70)66-38-29-35(48(56,57)58)26-36(30-38)49(59,60)61/h25-30,39-40H,8-24,31-32H2,1-7H3,(H2,62,63,64)(H2,65,67,69)(H2,66,68,70)/t39-,40-/m1/s1. The third kappa shape index (κ3) is 24.5. The number of rotatable bonds is 25. The van der Waals surface area contributed by atoms with Gasteiger partial charge in [0.1, 0.15) is 0 Å². The Bertz CT molecular complexity index is 1850. The second-order valence-corrected chi connectivity index (χ2v) is 19.9. The number of nitrogens with zero attached hydrogens (tertiary/aromatic N) is 1. The van der Waals surface area contributed by atoms with Crippen LogP contribution in [0.25, 0.3) is 0 Å². The molecule has 9 nitrogen and oxygen atoms in total. The minimum atomic E-state index is -5.14. The lowest BCUT2D eigenvalue weighted by Crippen LogP contribution is -2.54. The maximum Gasteiger partial charge on any atom is 0.416 e. The molecule has 0 saturated heterocycles. The van der Waals surface area contributed by atoms with Crippen LogP contribution in [0.5, 0.6) is 0 Å². The van der Waals surface area contributed by atoms with Gasteiger partial charge in [-0.25, -0.2) is 9.59 Å². The first-order chi connectivity index (χ1) is 32.3. The van der Waals surface area contributed by atoms with Crippen molar-refractivity contribution in [3.63, 3.8) is 0 Å². The fraction of sp³-hybridized carbons (Fsp3) is 0.694. The van der Waals surface area contributed by atoms with E-state index in [1.807, 2.05) is 0 Å². The average molecular weight is 1020 g/mol. The number of urea groups is 2. The van der Waals surface area contributed by atoms with Gasteiger partial charge in [0, 0.05) is 24.5 Å². The van der Waals surface area contributed by atoms with Crippen molar-refractivity contribution in [3.8, 4) is 0 Å². The fourth-order valence-electron chi connectivity index (χ4n) is 7.25. The lowest BCUT2D eigenvalue weighted by Gasteiger charge is -2.33. The number of guanidine groups is 1. The molecule has 70 heavy (non-hydrogen) atoms. The van der Waals surface area contributed by atoms with Gasteiger partial charge in [-0.3, -0.25) is 4.99 Å². The van der Waals surface area contributed by atoms with Gasteiger partial charge in [-0.2, -0.15) is 52.7 Å². The molecule has 0 aliphatic carbocycles. The zero-order valence-corrected chi connectivity index (χ0v) is 41.4. The Labute approximate surface area is 404 Å². The van der Waals surface area contributed by atoms with Crippen molar-refractivity contribution < 1.29 is 62.3 Å². The Balaban J connectivity index is 2.21. The molecule has 2 aromatic carbocycles. The van der Waals surface area contributed by atoms with Crippen molar-refractivity contribution in [1.29, 1.82) is 0 Å². The van der Waals surface area contributed by atoms with Gasteiger partial charge in [-0.1, -0.05) is 145 Å². The molecule has 0 radical (unpaired) electrons. The van der Waals surface area contributed by atoms with Crippen LogP contribution in [0.2, 0.25) is 0 Å². The van der Waals surface area contributed by atoms with Crippen LogP contribution in [-0.2, 0) is 24.7 Å². The largest absolute Gasteiger partial charge is 0.416 e. The molecular weight excluding hydrogens is 947 g/mol. The topological polar surface area (TPSA) is 119 Å². The number of aliphatic imine (C=N–C) groups is 1. The summed E-state index contributed by atoms with van der Waals surface area (Å²) in [5, 5.41) is 15.6. The number of hydrogen-bond acceptors (Lipinski definition) is 3. The Morgan fingerprint density at radius 2 is 0.771 bits per heavy atom. The van der Waals surface area contributed by atoms with Crippen LogP contribution in [0.3, 0.4) is 0 Å². The predicted molar refractivity (Wildman–Crippen MR) is 252 cm³/mol. The van der Waals surface area contributed by atoms with Crippen molar-refractivity contribution in [2.45, 2.75) is 188 Å². The van der Waals surface area contributed by atoms with Crippen LogP contribution in [0.15, 0.2) is 41.4 Å². The van der Waals surface area contributed by atoms with Crippen molar-refractivity contribution in [3.05, 3.63) is 58.7 Å². The summed E-state index contributed by atoms with van der Waals surface area (Å²) in [6.07, 6.45) is -1.86. The smallest absolute Gasteiger partial charge is 0.356 e. The van der Waals surface area contributed by atoms with Gasteiger partial charge in [0.15, 0.2) is 5.96 Å². The minimum absolute atomic E-state index is 0.0611. The molecule has 2 aromatic rings. The van der Waals surface area contributed by atoms with E-state index in [-0.39, 0.29) is 31.2 Å². The van der Waals surface area contributed by atoms with Gasteiger partial charge in [-0.05, 0) is 53.6 Å². The quantitative estimate of drug-likeness (QED) is 0.0257. The zero-order chi connectivity index (χ0) is 53.0. The van der Waals surface area contributed by atoms with Gasteiger partial charge in [0.25, 0.3) is 0 Å². The molecule has 2 atom stereocenters. The number of nitrogens with one attached hydrogen (secondary N) is 6. The van der Waals surface area contributed by atoms with Crippen LogP contribution < -0.4 is 31.9 Å². The number of carbonyl (C=O) groups excluding carboxylic acids is 2. The van der Waals surface area contributed by atoms with Crippen molar-refractivity contribution in [2.75, 3.05) is 30.3 Å². The summed E-state index contributed by atoms with van der Waals surface area (Å²) < 4.78 is 162. The van der Waals surface area contributed by atoms with Crippen LogP contribution in [0.1, 0.15) is 173 Å².